The van der Waals surface area contributed by atoms with Gasteiger partial charge in [-0.3, -0.25) is 4.79 Å². The van der Waals surface area contributed by atoms with Gasteiger partial charge in [0.2, 0.25) is 10.2 Å². The Labute approximate surface area is 232 Å². The minimum atomic E-state index is -3.88. The second-order valence-corrected chi connectivity index (χ2v) is 11.2. The molecule has 40 heavy (non-hydrogen) atoms. The molecule has 1 amide bonds. The Morgan fingerprint density at radius 2 is 2.02 bits per heavy atom. The average Bonchev–Trinajstić information content (AvgIpc) is 3.57. The van der Waals surface area contributed by atoms with Crippen LogP contribution >= 0.6 is 11.3 Å². The first-order valence-corrected chi connectivity index (χ1v) is 14.2. The third-order valence-corrected chi connectivity index (χ3v) is 7.47. The number of alkyl halides is 1. The van der Waals surface area contributed by atoms with Gasteiger partial charge in [0.1, 0.15) is 49.7 Å². The molecule has 13 nitrogen and oxygen atoms in total. The summed E-state index contributed by atoms with van der Waals surface area (Å²) in [5, 5.41) is 24.9. The number of ether oxygens (including phenoxy) is 3. The molecule has 1 radical (unpaired) electrons. The average molecular weight is 594 g/mol. The van der Waals surface area contributed by atoms with Crippen molar-refractivity contribution in [1.82, 2.24) is 25.3 Å². The summed E-state index contributed by atoms with van der Waals surface area (Å²) < 4.78 is 53.7. The quantitative estimate of drug-likeness (QED) is 0.170. The second-order valence-electron chi connectivity index (χ2n) is 8.40. The van der Waals surface area contributed by atoms with Crippen LogP contribution in [0, 0.1) is 6.54 Å². The molecule has 4 N–H and O–H groups in total. The first-order chi connectivity index (χ1) is 19.2. The minimum Gasteiger partial charge on any atom is -0.491 e. The number of hydrogen-bond donors (Lipinski definition) is 3. The first kappa shape index (κ1) is 29.3. The van der Waals surface area contributed by atoms with Crippen molar-refractivity contribution in [2.75, 3.05) is 19.9 Å². The summed E-state index contributed by atoms with van der Waals surface area (Å²) in [4.78, 5) is 16.2. The summed E-state index contributed by atoms with van der Waals surface area (Å²) in [5.41, 5.74) is 1.73. The highest BCUT2D eigenvalue weighted by Gasteiger charge is 2.15. The molecular weight excluding hydrogens is 567 g/mol. The molecule has 4 rings (SSSR count). The molecule has 2 heterocycles. The third kappa shape index (κ3) is 8.65. The molecule has 0 fully saturated rings. The van der Waals surface area contributed by atoms with Crippen LogP contribution in [0.2, 0.25) is 0 Å². The number of nitrogens with zero attached hydrogens (tertiary/aromatic N) is 4. The normalized spacial score (nSPS) is 12.4. The Balaban J connectivity index is 1.15. The van der Waals surface area contributed by atoms with E-state index in [1.54, 1.807) is 42.6 Å². The van der Waals surface area contributed by atoms with Gasteiger partial charge in [-0.05, 0) is 29.8 Å². The Morgan fingerprint density at radius 1 is 1.20 bits per heavy atom. The van der Waals surface area contributed by atoms with Gasteiger partial charge in [-0.2, -0.15) is 0 Å². The van der Waals surface area contributed by atoms with Gasteiger partial charge in [-0.1, -0.05) is 17.3 Å². The zero-order valence-electron chi connectivity index (χ0n) is 21.0. The van der Waals surface area contributed by atoms with Crippen LogP contribution in [0.15, 0.2) is 53.0 Å². The fraction of sp³-hybridized carbons (Fsp3) is 0.292. The highest BCUT2D eigenvalue weighted by molar-refractivity contribution is 7.91. The molecule has 16 heteroatoms. The van der Waals surface area contributed by atoms with Gasteiger partial charge >= 0.3 is 0 Å². The number of amides is 1. The highest BCUT2D eigenvalue weighted by Crippen LogP contribution is 2.28. The number of thiazole rings is 1. The predicted octanol–water partition coefficient (Wildman–Crippen LogP) is 1.32. The van der Waals surface area contributed by atoms with E-state index in [0.29, 0.717) is 27.4 Å². The summed E-state index contributed by atoms with van der Waals surface area (Å²) >= 11 is 0.972. The second kappa shape index (κ2) is 13.6. The van der Waals surface area contributed by atoms with Crippen LogP contribution in [0.3, 0.4) is 0 Å². The summed E-state index contributed by atoms with van der Waals surface area (Å²) in [7, 11) is -3.88. The number of fused-ring (bicyclic) bond motifs is 1. The van der Waals surface area contributed by atoms with E-state index in [-0.39, 0.29) is 43.2 Å². The van der Waals surface area contributed by atoms with Crippen molar-refractivity contribution in [1.29, 1.82) is 0 Å². The van der Waals surface area contributed by atoms with Crippen LogP contribution in [0.1, 0.15) is 11.3 Å². The molecule has 0 aliphatic heterocycles. The van der Waals surface area contributed by atoms with E-state index in [0.717, 1.165) is 16.9 Å². The number of sulfonamides is 1. The standard InChI is InChI=1S/C24H26FN6O7S2/c25-10-18(32)15-38-19-3-1-2-16(8-19)13-36-7-6-27-23(33)12-31-11-17(29-30-31)14-37-20-4-5-22-21(9-20)28-24(39-22)40(26,34)35/h1-6,8-9,11,18,32H,7,10,12-15H2,(H,27,33)(H2,26,34,35). The SMILES string of the molecule is NS(=O)(=O)c1nc2cc(OCc3cn(CC(=O)N[CH]COCc4cccc(OCC(O)CF)c4)nn3)ccc2s1. The third-order valence-electron chi connectivity index (χ3n) is 5.11. The number of rotatable bonds is 15. The zero-order chi connectivity index (χ0) is 28.5. The first-order valence-electron chi connectivity index (χ1n) is 11.8. The molecule has 0 aliphatic carbocycles. The van der Waals surface area contributed by atoms with Crippen LogP contribution in [-0.2, 0) is 39.3 Å². The molecule has 213 valence electrons. The fourth-order valence-electron chi connectivity index (χ4n) is 3.28. The molecule has 2 aromatic carbocycles. The monoisotopic (exact) mass is 593 g/mol. The number of hydrogen-bond acceptors (Lipinski definition) is 11. The molecule has 0 spiro atoms. The highest BCUT2D eigenvalue weighted by atomic mass is 32.2. The van der Waals surface area contributed by atoms with Gasteiger partial charge in [-0.15, -0.1) is 16.4 Å². The lowest BCUT2D eigenvalue weighted by atomic mass is 10.2. The molecule has 0 bridgehead atoms. The Morgan fingerprint density at radius 3 is 2.83 bits per heavy atom. The van der Waals surface area contributed by atoms with Gasteiger partial charge < -0.3 is 24.6 Å². The maximum Gasteiger partial charge on any atom is 0.265 e. The van der Waals surface area contributed by atoms with E-state index in [9.17, 15) is 22.7 Å². The van der Waals surface area contributed by atoms with E-state index < -0.39 is 22.8 Å². The molecule has 1 unspecified atom stereocenters. The van der Waals surface area contributed by atoms with E-state index in [4.69, 9.17) is 19.3 Å². The van der Waals surface area contributed by atoms with Crippen molar-refractivity contribution in [3.8, 4) is 11.5 Å². The molecule has 1 atom stereocenters. The molecule has 4 aromatic rings. The summed E-state index contributed by atoms with van der Waals surface area (Å²) in [6.07, 6.45) is 0.399. The van der Waals surface area contributed by atoms with E-state index in [1.165, 1.54) is 11.2 Å². The van der Waals surface area contributed by atoms with Crippen molar-refractivity contribution in [3.63, 3.8) is 0 Å². The van der Waals surface area contributed by atoms with E-state index >= 15 is 0 Å². The van der Waals surface area contributed by atoms with Gasteiger partial charge in [0.15, 0.2) is 0 Å². The predicted molar refractivity (Wildman–Crippen MR) is 141 cm³/mol. The molecule has 2 aromatic heterocycles. The van der Waals surface area contributed by atoms with Crippen LogP contribution in [-0.4, -0.2) is 65.4 Å². The van der Waals surface area contributed by atoms with Crippen LogP contribution in [0.4, 0.5) is 4.39 Å². The Hall–Kier alpha value is -3.70. The summed E-state index contributed by atoms with van der Waals surface area (Å²) in [6, 6.07) is 12.0. The summed E-state index contributed by atoms with van der Waals surface area (Å²) in [5.74, 6) is 0.612. The number of carbonyl (C=O) groups is 1. The lowest BCUT2D eigenvalue weighted by Gasteiger charge is -2.10. The van der Waals surface area contributed by atoms with E-state index in [1.807, 2.05) is 6.07 Å². The Kier molecular flexibility index (Phi) is 9.94. The number of aromatic nitrogens is 4. The number of benzene rings is 2. The maximum absolute atomic E-state index is 12.3. The zero-order valence-corrected chi connectivity index (χ0v) is 22.6. The number of nitrogens with one attached hydrogen (secondary N) is 1. The van der Waals surface area contributed by atoms with Crippen molar-refractivity contribution in [2.24, 2.45) is 5.14 Å². The van der Waals surface area contributed by atoms with Crippen molar-refractivity contribution < 1.29 is 36.9 Å². The van der Waals surface area contributed by atoms with Gasteiger partial charge in [0, 0.05) is 6.07 Å². The largest absolute Gasteiger partial charge is 0.491 e. The van der Waals surface area contributed by atoms with Gasteiger partial charge in [0.05, 0.1) is 36.2 Å². The number of aliphatic hydroxyl groups is 1. The fourth-order valence-corrected chi connectivity index (χ4v) is 4.92. The number of halogens is 1. The van der Waals surface area contributed by atoms with Gasteiger partial charge in [-0.25, -0.2) is 27.6 Å². The Bertz CT molecular complexity index is 1550. The van der Waals surface area contributed by atoms with Crippen molar-refractivity contribution in [3.05, 3.63) is 66.5 Å². The number of carbonyl (C=O) groups excluding carboxylic acids is 1. The lowest BCUT2D eigenvalue weighted by Crippen LogP contribution is -2.27. The molecular formula is C24H26FN6O7S2. The number of nitrogens with two attached hydrogens (primary N) is 1. The van der Waals surface area contributed by atoms with Crippen LogP contribution in [0.25, 0.3) is 10.2 Å². The van der Waals surface area contributed by atoms with Crippen LogP contribution < -0.4 is 19.9 Å². The van der Waals surface area contributed by atoms with E-state index in [2.05, 4.69) is 20.6 Å². The lowest BCUT2D eigenvalue weighted by molar-refractivity contribution is -0.121. The minimum absolute atomic E-state index is 0.0714. The maximum atomic E-state index is 12.3. The molecule has 0 saturated carbocycles. The topological polar surface area (TPSA) is 181 Å². The molecule has 0 saturated heterocycles. The van der Waals surface area contributed by atoms with Crippen LogP contribution in [0.5, 0.6) is 11.5 Å². The van der Waals surface area contributed by atoms with Crippen molar-refractivity contribution >= 4 is 37.5 Å². The number of aliphatic hydroxyl groups excluding tert-OH is 1. The number of primary sulfonamides is 1. The smallest absolute Gasteiger partial charge is 0.265 e. The molecule has 0 aliphatic rings. The van der Waals surface area contributed by atoms with Gasteiger partial charge in [0.25, 0.3) is 10.0 Å². The van der Waals surface area contributed by atoms with Crippen molar-refractivity contribution in [2.45, 2.75) is 30.2 Å². The summed E-state index contributed by atoms with van der Waals surface area (Å²) in [6.45, 7) is 0.849.